The van der Waals surface area contributed by atoms with Crippen molar-refractivity contribution >= 4 is 22.6 Å². The van der Waals surface area contributed by atoms with Crippen LogP contribution >= 0.6 is 0 Å². The number of carbonyl (C=O) groups is 1. The van der Waals surface area contributed by atoms with E-state index in [0.29, 0.717) is 37.9 Å². The number of carboxylic acid groups (broad SMARTS) is 1. The number of hydrogen-bond acceptors (Lipinski definition) is 4. The lowest BCUT2D eigenvalue weighted by molar-refractivity contribution is -0.144. The molecule has 1 aromatic carbocycles. The third kappa shape index (κ3) is 3.19. The van der Waals surface area contributed by atoms with E-state index in [1.165, 1.54) is 12.1 Å². The Morgan fingerprint density at radius 3 is 2.71 bits per heavy atom. The Kier molecular flexibility index (Phi) is 5.72. The van der Waals surface area contributed by atoms with E-state index in [9.17, 15) is 14.3 Å². The zero-order chi connectivity index (χ0) is 17.7. The molecular weight excluding hydrogens is 309 g/mol. The van der Waals surface area contributed by atoms with Crippen LogP contribution in [0.3, 0.4) is 0 Å². The first-order chi connectivity index (χ1) is 11.5. The number of nitrogens with two attached hydrogens (primary N) is 1. The highest BCUT2D eigenvalue weighted by atomic mass is 19.1. The predicted octanol–water partition coefficient (Wildman–Crippen LogP) is 3.17. The van der Waals surface area contributed by atoms with Crippen molar-refractivity contribution in [3.05, 3.63) is 36.3 Å². The second kappa shape index (κ2) is 7.57. The largest absolute Gasteiger partial charge is 0.479 e. The van der Waals surface area contributed by atoms with Crippen LogP contribution in [0.1, 0.15) is 33.1 Å². The molecule has 5 nitrogen and oxygen atoms in total. The quantitative estimate of drug-likeness (QED) is 0.775. The molecule has 0 saturated carbocycles. The molecule has 1 heterocycles. The second-order valence-electron chi connectivity index (χ2n) is 5.82. The fourth-order valence-electron chi connectivity index (χ4n) is 3.32. The van der Waals surface area contributed by atoms with Crippen LogP contribution in [0.25, 0.3) is 10.9 Å². The minimum Gasteiger partial charge on any atom is -0.479 e. The number of anilines is 1. The molecular formula is C18H24FN3O2. The van der Waals surface area contributed by atoms with Crippen molar-refractivity contribution in [2.24, 2.45) is 5.73 Å². The molecule has 2 aromatic rings. The summed E-state index contributed by atoms with van der Waals surface area (Å²) in [4.78, 5) is 18.2. The summed E-state index contributed by atoms with van der Waals surface area (Å²) in [5.41, 5.74) is 5.84. The monoisotopic (exact) mass is 333 g/mol. The van der Waals surface area contributed by atoms with E-state index in [-0.39, 0.29) is 5.82 Å². The van der Waals surface area contributed by atoms with Crippen LogP contribution in [0.15, 0.2) is 30.5 Å². The summed E-state index contributed by atoms with van der Waals surface area (Å²) < 4.78 is 13.5. The van der Waals surface area contributed by atoms with E-state index in [1.807, 2.05) is 18.7 Å². The Morgan fingerprint density at radius 1 is 1.38 bits per heavy atom. The number of likely N-dealkylation sites (N-methyl/N-ethyl adjacent to an activating group) is 1. The molecule has 1 atom stereocenters. The first-order valence-corrected chi connectivity index (χ1v) is 8.25. The topological polar surface area (TPSA) is 79.5 Å². The van der Waals surface area contributed by atoms with Gasteiger partial charge in [-0.05, 0) is 50.9 Å². The van der Waals surface area contributed by atoms with E-state index in [1.54, 1.807) is 18.3 Å². The van der Waals surface area contributed by atoms with Crippen LogP contribution in [0.2, 0.25) is 0 Å². The highest BCUT2D eigenvalue weighted by molar-refractivity contribution is 5.94. The van der Waals surface area contributed by atoms with E-state index in [4.69, 9.17) is 5.73 Å². The van der Waals surface area contributed by atoms with Gasteiger partial charge in [0.15, 0.2) is 0 Å². The predicted molar refractivity (Wildman–Crippen MR) is 93.7 cm³/mol. The highest BCUT2D eigenvalue weighted by Gasteiger charge is 2.42. The lowest BCUT2D eigenvalue weighted by atomic mass is 9.87. The number of fused-ring (bicyclic) bond motifs is 1. The van der Waals surface area contributed by atoms with Crippen molar-refractivity contribution < 1.29 is 14.3 Å². The van der Waals surface area contributed by atoms with Gasteiger partial charge in [0.1, 0.15) is 11.4 Å². The highest BCUT2D eigenvalue weighted by Crippen LogP contribution is 2.35. The van der Waals surface area contributed by atoms with Crippen LogP contribution in [-0.2, 0) is 4.79 Å². The van der Waals surface area contributed by atoms with E-state index >= 15 is 0 Å². The smallest absolute Gasteiger partial charge is 0.329 e. The van der Waals surface area contributed by atoms with E-state index in [0.717, 1.165) is 11.1 Å². The Morgan fingerprint density at radius 2 is 2.12 bits per heavy atom. The van der Waals surface area contributed by atoms with Gasteiger partial charge in [0, 0.05) is 29.9 Å². The normalized spacial score (nSPS) is 13.7. The van der Waals surface area contributed by atoms with Gasteiger partial charge in [0.05, 0.1) is 5.52 Å². The fourth-order valence-corrected chi connectivity index (χ4v) is 3.32. The molecule has 130 valence electrons. The fraction of sp³-hybridized carbons (Fsp3) is 0.444. The molecule has 0 spiro atoms. The molecule has 1 unspecified atom stereocenters. The average molecular weight is 333 g/mol. The zero-order valence-electron chi connectivity index (χ0n) is 14.1. The van der Waals surface area contributed by atoms with Gasteiger partial charge in [-0.3, -0.25) is 4.98 Å². The standard InChI is InChI=1S/C18H24FN3O2/c1-3-18(17(23)24,9-5-10-20)22(4-2)16-8-11-21-15-12-13(19)6-7-14(15)16/h6-8,11-12H,3-5,9-10,20H2,1-2H3,(H,23,24). The average Bonchev–Trinajstić information content (AvgIpc) is 2.58. The first-order valence-electron chi connectivity index (χ1n) is 8.25. The van der Waals surface area contributed by atoms with E-state index in [2.05, 4.69) is 4.98 Å². The van der Waals surface area contributed by atoms with Crippen LogP contribution < -0.4 is 10.6 Å². The summed E-state index contributed by atoms with van der Waals surface area (Å²) in [5.74, 6) is -1.23. The van der Waals surface area contributed by atoms with E-state index < -0.39 is 11.5 Å². The minimum absolute atomic E-state index is 0.363. The SMILES string of the molecule is CCN(c1ccnc2cc(F)ccc12)C(CC)(CCCN)C(=O)O. The van der Waals surface area contributed by atoms with Crippen LogP contribution in [0.4, 0.5) is 10.1 Å². The molecule has 24 heavy (non-hydrogen) atoms. The summed E-state index contributed by atoms with van der Waals surface area (Å²) in [6, 6.07) is 6.18. The van der Waals surface area contributed by atoms with Crippen molar-refractivity contribution in [2.45, 2.75) is 38.6 Å². The molecule has 0 amide bonds. The van der Waals surface area contributed by atoms with Gasteiger partial charge in [-0.25, -0.2) is 9.18 Å². The maximum absolute atomic E-state index is 13.5. The van der Waals surface area contributed by atoms with Crippen LogP contribution in [0.5, 0.6) is 0 Å². The van der Waals surface area contributed by atoms with Crippen molar-refractivity contribution in [3.8, 4) is 0 Å². The molecule has 0 fully saturated rings. The number of carboxylic acids is 1. The third-order valence-corrected chi connectivity index (χ3v) is 4.58. The molecule has 0 bridgehead atoms. The van der Waals surface area contributed by atoms with Crippen LogP contribution in [-0.4, -0.2) is 34.7 Å². The number of hydrogen-bond donors (Lipinski definition) is 2. The van der Waals surface area contributed by atoms with Gasteiger partial charge < -0.3 is 15.7 Å². The lowest BCUT2D eigenvalue weighted by Crippen LogP contribution is -2.55. The van der Waals surface area contributed by atoms with Crippen LogP contribution in [0, 0.1) is 5.82 Å². The Hall–Kier alpha value is -2.21. The molecule has 0 radical (unpaired) electrons. The number of aliphatic carboxylic acids is 1. The number of aromatic nitrogens is 1. The van der Waals surface area contributed by atoms with Gasteiger partial charge in [-0.15, -0.1) is 0 Å². The Balaban J connectivity index is 2.62. The van der Waals surface area contributed by atoms with Gasteiger partial charge in [0.2, 0.25) is 0 Å². The summed E-state index contributed by atoms with van der Waals surface area (Å²) in [6.45, 7) is 4.75. The number of benzene rings is 1. The second-order valence-corrected chi connectivity index (χ2v) is 5.82. The van der Waals surface area contributed by atoms with Crippen molar-refractivity contribution in [1.29, 1.82) is 0 Å². The van der Waals surface area contributed by atoms with Gasteiger partial charge in [0.25, 0.3) is 0 Å². The van der Waals surface area contributed by atoms with Gasteiger partial charge >= 0.3 is 5.97 Å². The summed E-state index contributed by atoms with van der Waals surface area (Å²) in [7, 11) is 0. The zero-order valence-corrected chi connectivity index (χ0v) is 14.1. The lowest BCUT2D eigenvalue weighted by Gasteiger charge is -2.42. The molecule has 2 rings (SSSR count). The van der Waals surface area contributed by atoms with Crippen molar-refractivity contribution in [1.82, 2.24) is 4.98 Å². The molecule has 3 N–H and O–H groups in total. The molecule has 0 aliphatic carbocycles. The maximum Gasteiger partial charge on any atom is 0.329 e. The Labute approximate surface area is 141 Å². The number of nitrogens with zero attached hydrogens (tertiary/aromatic N) is 2. The van der Waals surface area contributed by atoms with Gasteiger partial charge in [-0.2, -0.15) is 0 Å². The first kappa shape index (κ1) is 18.1. The van der Waals surface area contributed by atoms with Crippen molar-refractivity contribution in [2.75, 3.05) is 18.0 Å². The summed E-state index contributed by atoms with van der Waals surface area (Å²) in [6.07, 6.45) is 3.11. The number of pyridine rings is 1. The summed E-state index contributed by atoms with van der Waals surface area (Å²) >= 11 is 0. The molecule has 1 aromatic heterocycles. The third-order valence-electron chi connectivity index (χ3n) is 4.58. The molecule has 0 aliphatic rings. The van der Waals surface area contributed by atoms with Crippen molar-refractivity contribution in [3.63, 3.8) is 0 Å². The minimum atomic E-state index is -1.04. The summed E-state index contributed by atoms with van der Waals surface area (Å²) in [5, 5.41) is 10.7. The maximum atomic E-state index is 13.5. The number of halogens is 1. The molecule has 6 heteroatoms. The molecule has 0 saturated heterocycles. The van der Waals surface area contributed by atoms with Gasteiger partial charge in [-0.1, -0.05) is 6.92 Å². The Bertz CT molecular complexity index is 722. The number of rotatable bonds is 8. The molecule has 0 aliphatic heterocycles.